The van der Waals surface area contributed by atoms with E-state index in [2.05, 4.69) is 5.10 Å². The number of alkyl halides is 3. The summed E-state index contributed by atoms with van der Waals surface area (Å²) >= 11 is 6.27. The number of nitrogens with zero attached hydrogens (tertiary/aromatic N) is 2. The van der Waals surface area contributed by atoms with Crippen LogP contribution in [0.3, 0.4) is 0 Å². The Balaban J connectivity index is 0.000000266. The average Bonchev–Trinajstić information content (AvgIpc) is 3.26. The SMILES string of the molecule is Cc1ccc(-c2cc(CCC(=O)O)nn2-c2ccc(C)c(Cl)c2)cc1.Cc1cccc(C(F)(F)F)c1F. The van der Waals surface area contributed by atoms with Gasteiger partial charge in [0.1, 0.15) is 5.82 Å². The lowest BCUT2D eigenvalue weighted by Gasteiger charge is -2.09. The highest BCUT2D eigenvalue weighted by atomic mass is 35.5. The quantitative estimate of drug-likeness (QED) is 0.265. The number of aryl methyl sites for hydroxylation is 4. The van der Waals surface area contributed by atoms with Gasteiger partial charge in [-0.25, -0.2) is 9.07 Å². The summed E-state index contributed by atoms with van der Waals surface area (Å²) < 4.78 is 50.6. The Labute approximate surface area is 217 Å². The average molecular weight is 533 g/mol. The summed E-state index contributed by atoms with van der Waals surface area (Å²) in [6, 6.07) is 19.1. The van der Waals surface area contributed by atoms with Crippen molar-refractivity contribution in [2.24, 2.45) is 0 Å². The summed E-state index contributed by atoms with van der Waals surface area (Å²) in [5.74, 6) is -2.02. The summed E-state index contributed by atoms with van der Waals surface area (Å²) in [5.41, 5.74) is 4.52. The third-order valence-corrected chi connectivity index (χ3v) is 6.01. The number of benzene rings is 3. The fraction of sp³-hybridized carbons (Fsp3) is 0.214. The highest BCUT2D eigenvalue weighted by Crippen LogP contribution is 2.32. The van der Waals surface area contributed by atoms with E-state index in [1.807, 2.05) is 67.1 Å². The van der Waals surface area contributed by atoms with Gasteiger partial charge in [-0.15, -0.1) is 0 Å². The molecule has 1 N–H and O–H groups in total. The maximum absolute atomic E-state index is 12.8. The van der Waals surface area contributed by atoms with Crippen molar-refractivity contribution in [3.8, 4) is 16.9 Å². The van der Waals surface area contributed by atoms with Gasteiger partial charge in [0.05, 0.1) is 29.1 Å². The molecule has 4 rings (SSSR count). The Hall–Kier alpha value is -3.65. The number of carboxylic acid groups (broad SMARTS) is 1. The molecular weight excluding hydrogens is 508 g/mol. The van der Waals surface area contributed by atoms with E-state index < -0.39 is 23.5 Å². The minimum Gasteiger partial charge on any atom is -0.481 e. The van der Waals surface area contributed by atoms with Crippen LogP contribution in [-0.4, -0.2) is 20.9 Å². The van der Waals surface area contributed by atoms with Gasteiger partial charge in [0, 0.05) is 17.0 Å². The number of rotatable bonds is 5. The number of aliphatic carboxylic acids is 1. The number of aromatic nitrogens is 2. The molecule has 0 saturated carbocycles. The lowest BCUT2D eigenvalue weighted by Crippen LogP contribution is -2.08. The first-order valence-electron chi connectivity index (χ1n) is 11.3. The van der Waals surface area contributed by atoms with Crippen LogP contribution in [-0.2, 0) is 17.4 Å². The van der Waals surface area contributed by atoms with Gasteiger partial charge in [-0.2, -0.15) is 18.3 Å². The molecule has 0 saturated heterocycles. The first-order valence-corrected chi connectivity index (χ1v) is 11.7. The molecule has 0 spiro atoms. The Morgan fingerprint density at radius 2 is 1.65 bits per heavy atom. The molecule has 0 unspecified atom stereocenters. The molecule has 37 heavy (non-hydrogen) atoms. The predicted molar refractivity (Wildman–Crippen MR) is 136 cm³/mol. The predicted octanol–water partition coefficient (Wildman–Crippen LogP) is 7.98. The monoisotopic (exact) mass is 532 g/mol. The van der Waals surface area contributed by atoms with Gasteiger partial charge in [0.25, 0.3) is 0 Å². The van der Waals surface area contributed by atoms with Crippen LogP contribution in [0.5, 0.6) is 0 Å². The summed E-state index contributed by atoms with van der Waals surface area (Å²) in [4.78, 5) is 10.9. The van der Waals surface area contributed by atoms with Crippen LogP contribution in [0.25, 0.3) is 16.9 Å². The summed E-state index contributed by atoms with van der Waals surface area (Å²) in [7, 11) is 0. The minimum absolute atomic E-state index is 0.00447. The molecule has 0 aliphatic carbocycles. The maximum Gasteiger partial charge on any atom is 0.419 e. The normalized spacial score (nSPS) is 11.1. The number of hydrogen-bond acceptors (Lipinski definition) is 2. The van der Waals surface area contributed by atoms with E-state index >= 15 is 0 Å². The molecule has 0 atom stereocenters. The minimum atomic E-state index is -4.60. The third-order valence-electron chi connectivity index (χ3n) is 5.60. The Morgan fingerprint density at radius 3 is 2.22 bits per heavy atom. The summed E-state index contributed by atoms with van der Waals surface area (Å²) in [5, 5.41) is 14.2. The van der Waals surface area contributed by atoms with Gasteiger partial charge in [-0.1, -0.05) is 59.6 Å². The lowest BCUT2D eigenvalue weighted by atomic mass is 10.1. The number of halogens is 5. The molecule has 0 radical (unpaired) electrons. The Morgan fingerprint density at radius 1 is 0.973 bits per heavy atom. The van der Waals surface area contributed by atoms with Crippen LogP contribution in [0.2, 0.25) is 5.02 Å². The van der Waals surface area contributed by atoms with Gasteiger partial charge in [0.15, 0.2) is 0 Å². The van der Waals surface area contributed by atoms with E-state index in [-0.39, 0.29) is 12.0 Å². The molecule has 3 aromatic carbocycles. The van der Waals surface area contributed by atoms with E-state index in [9.17, 15) is 22.4 Å². The van der Waals surface area contributed by atoms with Crippen LogP contribution in [0.1, 0.15) is 34.4 Å². The van der Waals surface area contributed by atoms with Gasteiger partial charge < -0.3 is 5.11 Å². The highest BCUT2D eigenvalue weighted by molar-refractivity contribution is 6.31. The zero-order valence-electron chi connectivity index (χ0n) is 20.4. The molecular formula is C28H25ClF4N2O2. The van der Waals surface area contributed by atoms with Crippen LogP contribution in [0, 0.1) is 26.6 Å². The molecule has 9 heteroatoms. The maximum atomic E-state index is 12.8. The summed E-state index contributed by atoms with van der Waals surface area (Å²) in [6.07, 6.45) is -4.16. The van der Waals surface area contributed by atoms with Crippen molar-refractivity contribution in [2.75, 3.05) is 0 Å². The van der Waals surface area contributed by atoms with Crippen LogP contribution < -0.4 is 0 Å². The number of carboxylic acids is 1. The van der Waals surface area contributed by atoms with Crippen molar-refractivity contribution in [1.29, 1.82) is 0 Å². The molecule has 0 aliphatic heterocycles. The van der Waals surface area contributed by atoms with Crippen molar-refractivity contribution in [3.05, 3.63) is 106 Å². The summed E-state index contributed by atoms with van der Waals surface area (Å²) in [6.45, 7) is 5.29. The van der Waals surface area contributed by atoms with Crippen molar-refractivity contribution in [3.63, 3.8) is 0 Å². The second kappa shape index (κ2) is 11.6. The Kier molecular flexibility index (Phi) is 8.76. The van der Waals surface area contributed by atoms with Crippen LogP contribution >= 0.6 is 11.6 Å². The molecule has 4 aromatic rings. The molecule has 4 nitrogen and oxygen atoms in total. The first-order chi connectivity index (χ1) is 17.4. The molecule has 0 fully saturated rings. The molecule has 0 aliphatic rings. The van der Waals surface area contributed by atoms with E-state index in [1.165, 1.54) is 24.6 Å². The second-order valence-electron chi connectivity index (χ2n) is 8.56. The van der Waals surface area contributed by atoms with Gasteiger partial charge in [0.2, 0.25) is 0 Å². The fourth-order valence-electron chi connectivity index (χ4n) is 3.49. The van der Waals surface area contributed by atoms with Crippen LogP contribution in [0.15, 0.2) is 66.7 Å². The number of carbonyl (C=O) groups is 1. The van der Waals surface area contributed by atoms with Crippen molar-refractivity contribution < 1.29 is 27.5 Å². The van der Waals surface area contributed by atoms with Gasteiger partial charge in [-0.3, -0.25) is 4.79 Å². The smallest absolute Gasteiger partial charge is 0.419 e. The molecule has 1 heterocycles. The molecule has 0 bridgehead atoms. The second-order valence-corrected chi connectivity index (χ2v) is 8.97. The van der Waals surface area contributed by atoms with Crippen molar-refractivity contribution >= 4 is 17.6 Å². The molecule has 0 amide bonds. The van der Waals surface area contributed by atoms with Crippen molar-refractivity contribution in [1.82, 2.24) is 9.78 Å². The molecule has 194 valence electrons. The van der Waals surface area contributed by atoms with E-state index in [4.69, 9.17) is 16.7 Å². The Bertz CT molecular complexity index is 1400. The van der Waals surface area contributed by atoms with Gasteiger partial charge in [-0.05, 0) is 56.2 Å². The van der Waals surface area contributed by atoms with E-state index in [0.717, 1.165) is 34.3 Å². The molecule has 1 aromatic heterocycles. The first kappa shape index (κ1) is 27.9. The fourth-order valence-corrected chi connectivity index (χ4v) is 3.67. The van der Waals surface area contributed by atoms with Gasteiger partial charge >= 0.3 is 12.1 Å². The largest absolute Gasteiger partial charge is 0.481 e. The third kappa shape index (κ3) is 7.20. The lowest BCUT2D eigenvalue weighted by molar-refractivity contribution is -0.140. The zero-order chi connectivity index (χ0) is 27.3. The zero-order valence-corrected chi connectivity index (χ0v) is 21.2. The van der Waals surface area contributed by atoms with E-state index in [1.54, 1.807) is 0 Å². The van der Waals surface area contributed by atoms with E-state index in [0.29, 0.717) is 11.4 Å². The highest BCUT2D eigenvalue weighted by Gasteiger charge is 2.34. The van der Waals surface area contributed by atoms with Crippen LogP contribution in [0.4, 0.5) is 17.6 Å². The van der Waals surface area contributed by atoms with Crippen molar-refractivity contribution in [2.45, 2.75) is 39.8 Å². The standard InChI is InChI=1S/C20H19ClN2O2.C8H6F4/c1-13-3-6-15(7-4-13)19-11-16(8-10-20(24)25)22-23(19)17-9-5-14(2)18(21)12-17;1-5-3-2-4-6(7(5)9)8(10,11)12/h3-7,9,11-12H,8,10H2,1-2H3,(H,24,25);2-4H,1H3. The topological polar surface area (TPSA) is 55.1 Å². The number of hydrogen-bond donors (Lipinski definition) is 1.